The summed E-state index contributed by atoms with van der Waals surface area (Å²) in [4.78, 5) is 21.9. The highest BCUT2D eigenvalue weighted by Crippen LogP contribution is 2.21. The lowest BCUT2D eigenvalue weighted by molar-refractivity contribution is -0.118. The molecule has 7 nitrogen and oxygen atoms in total. The number of ether oxygens (including phenoxy) is 1. The molecule has 5 rings (SSSR count). The Kier molecular flexibility index (Phi) is 7.13. The Balaban J connectivity index is 1.14. The number of nitrogens with one attached hydrogen (secondary N) is 1. The highest BCUT2D eigenvalue weighted by molar-refractivity contribution is 5.94. The Labute approximate surface area is 210 Å². The fourth-order valence-corrected chi connectivity index (χ4v) is 4.55. The van der Waals surface area contributed by atoms with Gasteiger partial charge in [-0.25, -0.2) is 9.37 Å². The molecule has 1 saturated heterocycles. The number of imidazole rings is 1. The van der Waals surface area contributed by atoms with Crippen molar-refractivity contribution < 1.29 is 13.9 Å². The number of carbonyl (C=O) groups is 1. The summed E-state index contributed by atoms with van der Waals surface area (Å²) in [6.45, 7) is 4.64. The van der Waals surface area contributed by atoms with E-state index in [9.17, 15) is 9.18 Å². The highest BCUT2D eigenvalue weighted by Gasteiger charge is 2.18. The number of hydrogen-bond donors (Lipinski definition) is 1. The van der Waals surface area contributed by atoms with E-state index in [4.69, 9.17) is 9.72 Å². The van der Waals surface area contributed by atoms with E-state index in [1.165, 1.54) is 12.1 Å². The summed E-state index contributed by atoms with van der Waals surface area (Å²) < 4.78 is 20.8. The van der Waals surface area contributed by atoms with Gasteiger partial charge in [0.15, 0.2) is 6.61 Å². The van der Waals surface area contributed by atoms with Crippen LogP contribution < -0.4 is 15.0 Å². The predicted octanol–water partition coefficient (Wildman–Crippen LogP) is 4.09. The number of fused-ring (bicyclic) bond motifs is 1. The number of para-hydroxylation sites is 1. The lowest BCUT2D eigenvalue weighted by atomic mass is 10.2. The molecule has 0 atom stereocenters. The number of aromatic nitrogens is 2. The second-order valence-corrected chi connectivity index (χ2v) is 9.00. The Hall–Kier alpha value is -3.91. The van der Waals surface area contributed by atoms with Crippen molar-refractivity contribution in [1.29, 1.82) is 0 Å². The number of nitrogens with zero attached hydrogens (tertiary/aromatic N) is 4. The van der Waals surface area contributed by atoms with Crippen molar-refractivity contribution in [3.8, 4) is 5.75 Å². The molecule has 0 aliphatic carbocycles. The molecular formula is C28H30FN5O2. The van der Waals surface area contributed by atoms with Crippen LogP contribution in [0.3, 0.4) is 0 Å². The average molecular weight is 488 g/mol. The average Bonchev–Trinajstić information content (AvgIpc) is 3.22. The van der Waals surface area contributed by atoms with Crippen molar-refractivity contribution in [2.24, 2.45) is 7.05 Å². The van der Waals surface area contributed by atoms with Gasteiger partial charge in [0.05, 0.1) is 11.0 Å². The molecule has 2 heterocycles. The van der Waals surface area contributed by atoms with Crippen LogP contribution in [0, 0.1) is 5.82 Å². The molecule has 4 aromatic rings. The molecule has 1 aliphatic heterocycles. The Bertz CT molecular complexity index is 1320. The smallest absolute Gasteiger partial charge is 0.262 e. The van der Waals surface area contributed by atoms with Gasteiger partial charge in [-0.05, 0) is 54.6 Å². The first-order chi connectivity index (χ1) is 17.5. The summed E-state index contributed by atoms with van der Waals surface area (Å²) in [6, 6.07) is 21.8. The Morgan fingerprint density at radius 1 is 1.00 bits per heavy atom. The molecule has 0 bridgehead atoms. The van der Waals surface area contributed by atoms with Gasteiger partial charge >= 0.3 is 0 Å². The van der Waals surface area contributed by atoms with E-state index < -0.39 is 0 Å². The fraction of sp³-hybridized carbons (Fsp3) is 0.286. The molecule has 8 heteroatoms. The van der Waals surface area contributed by atoms with E-state index in [0.29, 0.717) is 11.4 Å². The van der Waals surface area contributed by atoms with Gasteiger partial charge in [-0.15, -0.1) is 0 Å². The molecule has 1 amide bonds. The maximum Gasteiger partial charge on any atom is 0.262 e. The van der Waals surface area contributed by atoms with Crippen molar-refractivity contribution in [3.63, 3.8) is 0 Å². The van der Waals surface area contributed by atoms with Crippen LogP contribution in [-0.2, 0) is 18.3 Å². The fourth-order valence-electron chi connectivity index (χ4n) is 4.55. The van der Waals surface area contributed by atoms with Gasteiger partial charge in [0.2, 0.25) is 0 Å². The van der Waals surface area contributed by atoms with Gasteiger partial charge in [0.1, 0.15) is 17.4 Å². The summed E-state index contributed by atoms with van der Waals surface area (Å²) in [6.07, 6.45) is 0.842. The first kappa shape index (κ1) is 23.8. The van der Waals surface area contributed by atoms with Gasteiger partial charge in [0, 0.05) is 57.6 Å². The third-order valence-corrected chi connectivity index (χ3v) is 6.59. The molecule has 0 spiro atoms. The number of amides is 1. The van der Waals surface area contributed by atoms with Gasteiger partial charge < -0.3 is 19.5 Å². The quantitative estimate of drug-likeness (QED) is 0.406. The van der Waals surface area contributed by atoms with Crippen LogP contribution in [0.15, 0.2) is 72.8 Å². The van der Waals surface area contributed by atoms with Crippen molar-refractivity contribution >= 4 is 28.3 Å². The molecule has 1 fully saturated rings. The Morgan fingerprint density at radius 3 is 2.50 bits per heavy atom. The van der Waals surface area contributed by atoms with E-state index in [1.807, 2.05) is 67.7 Å². The molecule has 36 heavy (non-hydrogen) atoms. The molecule has 3 aromatic carbocycles. The third kappa shape index (κ3) is 5.66. The number of carbonyl (C=O) groups excluding carboxylic acids is 1. The minimum absolute atomic E-state index is 0.0516. The standard InChI is InChI=1S/C28H30FN5O2/c1-32-26-12-9-22(30-28(35)20-36-24-5-3-2-4-6-24)19-25(26)31-27(32)13-14-33-15-17-34(18-16-33)23-10-7-21(29)8-11-23/h2-12,19H,13-18,20H2,1H3,(H,30,35). The maximum atomic E-state index is 13.2. The van der Waals surface area contributed by atoms with Gasteiger partial charge in [-0.3, -0.25) is 9.69 Å². The molecule has 1 aliphatic rings. The number of halogens is 1. The topological polar surface area (TPSA) is 62.6 Å². The molecule has 186 valence electrons. The van der Waals surface area contributed by atoms with Crippen LogP contribution in [0.25, 0.3) is 11.0 Å². The molecule has 0 radical (unpaired) electrons. The lowest BCUT2D eigenvalue weighted by Crippen LogP contribution is -2.47. The van der Waals surface area contributed by atoms with E-state index in [2.05, 4.69) is 19.7 Å². The highest BCUT2D eigenvalue weighted by atomic mass is 19.1. The number of benzene rings is 3. The van der Waals surface area contributed by atoms with Gasteiger partial charge in [-0.2, -0.15) is 0 Å². The van der Waals surface area contributed by atoms with Gasteiger partial charge in [0.25, 0.3) is 5.91 Å². The number of rotatable bonds is 8. The zero-order valence-electron chi connectivity index (χ0n) is 20.4. The SMILES string of the molecule is Cn1c(CCN2CCN(c3ccc(F)cc3)CC2)nc2cc(NC(=O)COc3ccccc3)ccc21. The second-order valence-electron chi connectivity index (χ2n) is 9.00. The number of piperazine rings is 1. The molecule has 0 unspecified atom stereocenters. The van der Waals surface area contributed by atoms with Crippen molar-refractivity contribution in [2.45, 2.75) is 6.42 Å². The van der Waals surface area contributed by atoms with Crippen LogP contribution in [0.1, 0.15) is 5.82 Å². The summed E-state index contributed by atoms with van der Waals surface area (Å²) in [5, 5.41) is 2.89. The van der Waals surface area contributed by atoms with Crippen LogP contribution >= 0.6 is 0 Å². The van der Waals surface area contributed by atoms with Gasteiger partial charge in [-0.1, -0.05) is 18.2 Å². The lowest BCUT2D eigenvalue weighted by Gasteiger charge is -2.36. The summed E-state index contributed by atoms with van der Waals surface area (Å²) in [5.41, 5.74) is 3.66. The molecular weight excluding hydrogens is 457 g/mol. The summed E-state index contributed by atoms with van der Waals surface area (Å²) in [5.74, 6) is 1.26. The summed E-state index contributed by atoms with van der Waals surface area (Å²) >= 11 is 0. The monoisotopic (exact) mass is 487 g/mol. The maximum absolute atomic E-state index is 13.2. The number of anilines is 2. The van der Waals surface area contributed by atoms with Crippen molar-refractivity contribution in [3.05, 3.63) is 84.4 Å². The largest absolute Gasteiger partial charge is 0.484 e. The van der Waals surface area contributed by atoms with Crippen LogP contribution in [0.5, 0.6) is 5.75 Å². The number of aryl methyl sites for hydroxylation is 1. The molecule has 1 N–H and O–H groups in total. The molecule has 1 aromatic heterocycles. The minimum Gasteiger partial charge on any atom is -0.484 e. The van der Waals surface area contributed by atoms with Crippen molar-refractivity contribution in [1.82, 2.24) is 14.5 Å². The van der Waals surface area contributed by atoms with E-state index in [1.54, 1.807) is 0 Å². The zero-order chi connectivity index (χ0) is 24.9. The van der Waals surface area contributed by atoms with E-state index >= 15 is 0 Å². The minimum atomic E-state index is -0.214. The Morgan fingerprint density at radius 2 is 1.75 bits per heavy atom. The summed E-state index contributed by atoms with van der Waals surface area (Å²) in [7, 11) is 2.03. The van der Waals surface area contributed by atoms with Crippen LogP contribution in [0.2, 0.25) is 0 Å². The number of hydrogen-bond acceptors (Lipinski definition) is 5. The van der Waals surface area contributed by atoms with E-state index in [-0.39, 0.29) is 18.3 Å². The molecule has 0 saturated carbocycles. The van der Waals surface area contributed by atoms with Crippen LogP contribution in [0.4, 0.5) is 15.8 Å². The van der Waals surface area contributed by atoms with E-state index in [0.717, 1.165) is 61.7 Å². The predicted molar refractivity (Wildman–Crippen MR) is 140 cm³/mol. The van der Waals surface area contributed by atoms with Crippen molar-refractivity contribution in [2.75, 3.05) is 49.5 Å². The third-order valence-electron chi connectivity index (χ3n) is 6.59. The van der Waals surface area contributed by atoms with Crippen LogP contribution in [-0.4, -0.2) is 59.7 Å². The normalized spacial score (nSPS) is 14.2. The second kappa shape index (κ2) is 10.8. The first-order valence-corrected chi connectivity index (χ1v) is 12.2. The first-order valence-electron chi connectivity index (χ1n) is 12.2. The zero-order valence-corrected chi connectivity index (χ0v) is 20.4.